The zero-order chi connectivity index (χ0) is 14.8. The molecular weight excluding hydrogens is 292 g/mol. The Labute approximate surface area is 105 Å². The molecule has 1 aromatic carbocycles. The van der Waals surface area contributed by atoms with E-state index in [9.17, 15) is 30.8 Å². The largest absolute Gasteiger partial charge is 0.397 e. The Kier molecular flexibility index (Phi) is 4.15. The molecule has 10 heteroatoms. The predicted molar refractivity (Wildman–Crippen MR) is 57.1 cm³/mol. The van der Waals surface area contributed by atoms with E-state index < -0.39 is 44.9 Å². The summed E-state index contributed by atoms with van der Waals surface area (Å²) in [6, 6.07) is 2.13. The molecule has 5 nitrogen and oxygen atoms in total. The molecule has 1 aromatic rings. The van der Waals surface area contributed by atoms with E-state index in [0.717, 1.165) is 6.07 Å². The van der Waals surface area contributed by atoms with E-state index >= 15 is 0 Å². The summed E-state index contributed by atoms with van der Waals surface area (Å²) >= 11 is 0. The molecule has 0 heterocycles. The van der Waals surface area contributed by atoms with E-state index in [4.69, 9.17) is 5.14 Å². The van der Waals surface area contributed by atoms with Crippen molar-refractivity contribution in [2.75, 3.05) is 5.32 Å². The highest BCUT2D eigenvalue weighted by molar-refractivity contribution is 7.89. The van der Waals surface area contributed by atoms with Gasteiger partial charge >= 0.3 is 6.18 Å². The number of nitrogens with one attached hydrogen (secondary N) is 1. The number of hydrogen-bond donors (Lipinski definition) is 2. The van der Waals surface area contributed by atoms with Gasteiger partial charge in [-0.1, -0.05) is 0 Å². The number of hydrogen-bond acceptors (Lipinski definition) is 3. The van der Waals surface area contributed by atoms with Crippen LogP contribution in [0.5, 0.6) is 0 Å². The number of primary sulfonamides is 1. The Balaban J connectivity index is 2.99. The number of halogens is 4. The highest BCUT2D eigenvalue weighted by atomic mass is 32.2. The van der Waals surface area contributed by atoms with Gasteiger partial charge in [-0.05, 0) is 18.2 Å². The van der Waals surface area contributed by atoms with Gasteiger partial charge in [0.15, 0.2) is 0 Å². The molecule has 0 fully saturated rings. The quantitative estimate of drug-likeness (QED) is 0.826. The zero-order valence-electron chi connectivity index (χ0n) is 9.16. The van der Waals surface area contributed by atoms with E-state index in [2.05, 4.69) is 0 Å². The van der Waals surface area contributed by atoms with Crippen LogP contribution in [0.15, 0.2) is 23.1 Å². The van der Waals surface area contributed by atoms with Crippen molar-refractivity contribution < 1.29 is 30.8 Å². The first kappa shape index (κ1) is 15.4. The van der Waals surface area contributed by atoms with Gasteiger partial charge in [0.2, 0.25) is 15.9 Å². The first-order valence-corrected chi connectivity index (χ1v) is 6.22. The average Bonchev–Trinajstić information content (AvgIpc) is 2.16. The van der Waals surface area contributed by atoms with Crippen molar-refractivity contribution in [2.24, 2.45) is 5.14 Å². The molecule has 106 valence electrons. The van der Waals surface area contributed by atoms with Gasteiger partial charge in [0.05, 0.1) is 10.6 Å². The maximum Gasteiger partial charge on any atom is 0.397 e. The summed E-state index contributed by atoms with van der Waals surface area (Å²) < 4.78 is 70.9. The van der Waals surface area contributed by atoms with Gasteiger partial charge in [-0.25, -0.2) is 17.9 Å². The first-order chi connectivity index (χ1) is 8.49. The molecule has 0 bridgehead atoms. The third-order valence-corrected chi connectivity index (χ3v) is 2.81. The molecule has 0 aliphatic carbocycles. The lowest BCUT2D eigenvalue weighted by Gasteiger charge is -2.09. The molecule has 0 aromatic heterocycles. The molecule has 0 radical (unpaired) electrons. The molecule has 0 unspecified atom stereocenters. The Morgan fingerprint density at radius 2 is 1.89 bits per heavy atom. The van der Waals surface area contributed by atoms with Gasteiger partial charge in [0.1, 0.15) is 12.2 Å². The predicted octanol–water partition coefficient (Wildman–Crippen LogP) is 1.36. The summed E-state index contributed by atoms with van der Waals surface area (Å²) in [6.45, 7) is 0. The van der Waals surface area contributed by atoms with Gasteiger partial charge in [-0.2, -0.15) is 13.2 Å². The van der Waals surface area contributed by atoms with Crippen LogP contribution in [-0.2, 0) is 14.8 Å². The monoisotopic (exact) mass is 300 g/mol. The molecule has 0 atom stereocenters. The summed E-state index contributed by atoms with van der Waals surface area (Å²) in [5.41, 5.74) is -0.694. The minimum Gasteiger partial charge on any atom is -0.323 e. The third kappa shape index (κ3) is 4.83. The van der Waals surface area contributed by atoms with Gasteiger partial charge < -0.3 is 5.32 Å². The highest BCUT2D eigenvalue weighted by Crippen LogP contribution is 2.22. The van der Waals surface area contributed by atoms with Gasteiger partial charge in [0.25, 0.3) is 0 Å². The lowest BCUT2D eigenvalue weighted by molar-refractivity contribution is -0.150. The Morgan fingerprint density at radius 3 is 2.37 bits per heavy atom. The summed E-state index contributed by atoms with van der Waals surface area (Å²) in [4.78, 5) is 10.4. The van der Waals surface area contributed by atoms with Crippen LogP contribution in [0.1, 0.15) is 6.42 Å². The van der Waals surface area contributed by atoms with E-state index in [-0.39, 0.29) is 0 Å². The minimum absolute atomic E-state index is 0.531. The van der Waals surface area contributed by atoms with Gasteiger partial charge in [-0.15, -0.1) is 0 Å². The standard InChI is InChI=1S/C9H8F4N2O3S/c10-6-2-1-5(19(14,17)18)3-7(6)15-8(16)4-9(11,12)13/h1-3H,4H2,(H,15,16)(H2,14,17,18). The summed E-state index contributed by atoms with van der Waals surface area (Å²) in [5.74, 6) is -2.60. The normalized spacial score (nSPS) is 12.3. The third-order valence-electron chi connectivity index (χ3n) is 1.90. The number of alkyl halides is 3. The molecule has 0 spiro atoms. The van der Waals surface area contributed by atoms with Crippen molar-refractivity contribution >= 4 is 21.6 Å². The van der Waals surface area contributed by atoms with E-state index in [1.807, 2.05) is 0 Å². The average molecular weight is 300 g/mol. The number of sulfonamides is 1. The number of anilines is 1. The van der Waals surface area contributed by atoms with Crippen LogP contribution in [-0.4, -0.2) is 20.5 Å². The van der Waals surface area contributed by atoms with Crippen molar-refractivity contribution in [2.45, 2.75) is 17.5 Å². The molecule has 1 rings (SSSR count). The lowest BCUT2D eigenvalue weighted by Crippen LogP contribution is -2.22. The number of nitrogens with two attached hydrogens (primary N) is 1. The van der Waals surface area contributed by atoms with Crippen LogP contribution < -0.4 is 10.5 Å². The Hall–Kier alpha value is -1.68. The topological polar surface area (TPSA) is 89.3 Å². The Morgan fingerprint density at radius 1 is 1.32 bits per heavy atom. The number of rotatable bonds is 3. The Bertz CT molecular complexity index is 598. The van der Waals surface area contributed by atoms with Gasteiger partial charge in [0, 0.05) is 0 Å². The second-order valence-electron chi connectivity index (χ2n) is 3.53. The molecule has 1 amide bonds. The van der Waals surface area contributed by atoms with Crippen molar-refractivity contribution in [3.63, 3.8) is 0 Å². The van der Waals surface area contributed by atoms with Crippen LogP contribution in [0.4, 0.5) is 23.2 Å². The summed E-state index contributed by atoms with van der Waals surface area (Å²) in [5, 5.41) is 6.39. The SMILES string of the molecule is NS(=O)(=O)c1ccc(F)c(NC(=O)CC(F)(F)F)c1. The highest BCUT2D eigenvalue weighted by Gasteiger charge is 2.31. The minimum atomic E-state index is -4.75. The van der Waals surface area contributed by atoms with Crippen molar-refractivity contribution in [1.82, 2.24) is 0 Å². The lowest BCUT2D eigenvalue weighted by atomic mass is 10.3. The second-order valence-corrected chi connectivity index (χ2v) is 5.09. The van der Waals surface area contributed by atoms with Crippen molar-refractivity contribution in [1.29, 1.82) is 0 Å². The fourth-order valence-corrected chi connectivity index (χ4v) is 1.69. The molecule has 3 N–H and O–H groups in total. The maximum absolute atomic E-state index is 13.2. The summed E-state index contributed by atoms with van der Waals surface area (Å²) in [7, 11) is -4.15. The molecule has 0 saturated carbocycles. The van der Waals surface area contributed by atoms with Crippen LogP contribution in [0.3, 0.4) is 0 Å². The number of carbonyl (C=O) groups is 1. The number of amides is 1. The zero-order valence-corrected chi connectivity index (χ0v) is 9.98. The number of carbonyl (C=O) groups excluding carboxylic acids is 1. The van der Waals surface area contributed by atoms with E-state index in [1.54, 1.807) is 5.32 Å². The van der Waals surface area contributed by atoms with E-state index in [1.165, 1.54) is 0 Å². The second kappa shape index (κ2) is 5.13. The van der Waals surface area contributed by atoms with Crippen LogP contribution in [0, 0.1) is 5.82 Å². The van der Waals surface area contributed by atoms with Crippen molar-refractivity contribution in [3.05, 3.63) is 24.0 Å². The van der Waals surface area contributed by atoms with Gasteiger partial charge in [-0.3, -0.25) is 4.79 Å². The van der Waals surface area contributed by atoms with Crippen molar-refractivity contribution in [3.8, 4) is 0 Å². The van der Waals surface area contributed by atoms with Crippen LogP contribution in [0.25, 0.3) is 0 Å². The van der Waals surface area contributed by atoms with Crippen LogP contribution >= 0.6 is 0 Å². The number of benzene rings is 1. The molecule has 0 aliphatic rings. The van der Waals surface area contributed by atoms with E-state index in [0.29, 0.717) is 12.1 Å². The molecule has 0 aliphatic heterocycles. The van der Waals surface area contributed by atoms with Crippen LogP contribution in [0.2, 0.25) is 0 Å². The molecule has 0 saturated heterocycles. The first-order valence-electron chi connectivity index (χ1n) is 4.68. The maximum atomic E-state index is 13.2. The fraction of sp³-hybridized carbons (Fsp3) is 0.222. The molecule has 19 heavy (non-hydrogen) atoms. The fourth-order valence-electron chi connectivity index (χ4n) is 1.15. The smallest absolute Gasteiger partial charge is 0.323 e. The molecular formula is C9H8F4N2O3S. The summed E-state index contributed by atoms with van der Waals surface area (Å²) in [6.07, 6.45) is -6.57.